The first-order valence-electron chi connectivity index (χ1n) is 7.57. The molecule has 2 aliphatic rings. The van der Waals surface area contributed by atoms with E-state index >= 15 is 0 Å². The second-order valence-electron chi connectivity index (χ2n) is 5.58. The summed E-state index contributed by atoms with van der Waals surface area (Å²) in [6.07, 6.45) is 7.80. The number of nitrogens with zero attached hydrogens (tertiary/aromatic N) is 2. The molecule has 3 rings (SSSR count). The zero-order valence-electron chi connectivity index (χ0n) is 11.5. The van der Waals surface area contributed by atoms with Gasteiger partial charge in [-0.2, -0.15) is 0 Å². The first-order valence-corrected chi connectivity index (χ1v) is 7.57. The molecule has 1 aliphatic carbocycles. The molecule has 1 aromatic carbocycles. The summed E-state index contributed by atoms with van der Waals surface area (Å²) in [6.45, 7) is 2.29. The lowest BCUT2D eigenvalue weighted by atomic mass is 9.94. The van der Waals surface area contributed by atoms with Crippen molar-refractivity contribution in [2.75, 3.05) is 18.4 Å². The number of likely N-dealkylation sites (tertiary alicyclic amines) is 1. The third kappa shape index (κ3) is 3.28. The minimum Gasteiger partial charge on any atom is -0.343 e. The molecule has 3 heteroatoms. The summed E-state index contributed by atoms with van der Waals surface area (Å²) in [5.41, 5.74) is 1.14. The Hall–Kier alpha value is -1.51. The quantitative estimate of drug-likeness (QED) is 0.648. The Balaban J connectivity index is 1.73. The Morgan fingerprint density at radius 2 is 1.74 bits per heavy atom. The monoisotopic (exact) mass is 257 g/mol. The number of nitrogens with one attached hydrogen (secondary N) is 1. The minimum absolute atomic E-state index is 0.549. The summed E-state index contributed by atoms with van der Waals surface area (Å²) in [5, 5.41) is 3.52. The van der Waals surface area contributed by atoms with E-state index in [0.717, 1.165) is 24.7 Å². The number of benzene rings is 1. The van der Waals surface area contributed by atoms with Crippen LogP contribution in [-0.2, 0) is 0 Å². The van der Waals surface area contributed by atoms with Crippen LogP contribution < -0.4 is 5.32 Å². The zero-order chi connectivity index (χ0) is 12.9. The number of piperidine rings is 1. The number of guanidine groups is 1. The highest BCUT2D eigenvalue weighted by Crippen LogP contribution is 2.23. The van der Waals surface area contributed by atoms with Gasteiger partial charge in [0.05, 0.1) is 6.04 Å². The topological polar surface area (TPSA) is 27.6 Å². The highest BCUT2D eigenvalue weighted by atomic mass is 15.3. The molecule has 2 fully saturated rings. The molecule has 0 unspecified atom stereocenters. The van der Waals surface area contributed by atoms with E-state index in [1.54, 1.807) is 0 Å². The van der Waals surface area contributed by atoms with E-state index < -0.39 is 0 Å². The van der Waals surface area contributed by atoms with Crippen molar-refractivity contribution in [3.63, 3.8) is 0 Å². The van der Waals surface area contributed by atoms with E-state index in [4.69, 9.17) is 4.99 Å². The predicted molar refractivity (Wildman–Crippen MR) is 80.6 cm³/mol. The van der Waals surface area contributed by atoms with Crippen molar-refractivity contribution in [2.45, 2.75) is 44.6 Å². The Morgan fingerprint density at radius 1 is 1.00 bits per heavy atom. The van der Waals surface area contributed by atoms with E-state index in [1.807, 2.05) is 0 Å². The van der Waals surface area contributed by atoms with E-state index in [0.29, 0.717) is 6.04 Å². The van der Waals surface area contributed by atoms with Gasteiger partial charge in [0, 0.05) is 18.8 Å². The standard InChI is InChI=1S/C16H23N3/c1-3-8-14(9-4-1)17-16(18-15-10-7-11-15)19-12-5-2-6-13-19/h1,3-4,8-9,15H,2,5-7,10-13H2,(H,17,18). The highest BCUT2D eigenvalue weighted by molar-refractivity contribution is 5.93. The van der Waals surface area contributed by atoms with Gasteiger partial charge in [-0.15, -0.1) is 0 Å². The lowest BCUT2D eigenvalue weighted by Gasteiger charge is -2.32. The van der Waals surface area contributed by atoms with Crippen LogP contribution >= 0.6 is 0 Å². The highest BCUT2D eigenvalue weighted by Gasteiger charge is 2.21. The van der Waals surface area contributed by atoms with Gasteiger partial charge in [-0.3, -0.25) is 0 Å². The summed E-state index contributed by atoms with van der Waals surface area (Å²) in [4.78, 5) is 7.36. The van der Waals surface area contributed by atoms with Gasteiger partial charge in [0.25, 0.3) is 0 Å². The second-order valence-corrected chi connectivity index (χ2v) is 5.58. The Kier molecular flexibility index (Phi) is 4.01. The molecule has 0 spiro atoms. The molecule has 1 aromatic rings. The number of para-hydroxylation sites is 1. The summed E-state index contributed by atoms with van der Waals surface area (Å²) < 4.78 is 0. The molecular formula is C16H23N3. The third-order valence-electron chi connectivity index (χ3n) is 4.07. The molecule has 1 saturated carbocycles. The molecule has 19 heavy (non-hydrogen) atoms. The Morgan fingerprint density at radius 3 is 2.37 bits per heavy atom. The number of aliphatic imine (C=N–C) groups is 1. The largest absolute Gasteiger partial charge is 0.343 e. The van der Waals surface area contributed by atoms with Crippen LogP contribution in [0.3, 0.4) is 0 Å². The number of anilines is 1. The fraction of sp³-hybridized carbons (Fsp3) is 0.562. The fourth-order valence-electron chi connectivity index (χ4n) is 2.64. The van der Waals surface area contributed by atoms with E-state index in [2.05, 4.69) is 40.5 Å². The molecule has 0 amide bonds. The maximum Gasteiger partial charge on any atom is 0.198 e. The number of hydrogen-bond donors (Lipinski definition) is 1. The minimum atomic E-state index is 0.549. The SMILES string of the molecule is c1ccc(NC(=NC2CCC2)N2CCCCC2)cc1. The van der Waals surface area contributed by atoms with Gasteiger partial charge in [-0.05, 0) is 50.7 Å². The van der Waals surface area contributed by atoms with Crippen LogP contribution in [0.2, 0.25) is 0 Å². The molecule has 1 N–H and O–H groups in total. The normalized spacial score (nSPS) is 21.1. The second kappa shape index (κ2) is 6.09. The maximum absolute atomic E-state index is 4.93. The molecule has 0 radical (unpaired) electrons. The van der Waals surface area contributed by atoms with Crippen LogP contribution in [0.4, 0.5) is 5.69 Å². The van der Waals surface area contributed by atoms with Crippen LogP contribution in [0.15, 0.2) is 35.3 Å². The van der Waals surface area contributed by atoms with E-state index in [1.165, 1.54) is 38.5 Å². The first kappa shape index (κ1) is 12.5. The van der Waals surface area contributed by atoms with Gasteiger partial charge in [-0.25, -0.2) is 4.99 Å². The van der Waals surface area contributed by atoms with Crippen LogP contribution in [0, 0.1) is 0 Å². The zero-order valence-corrected chi connectivity index (χ0v) is 11.5. The van der Waals surface area contributed by atoms with Crippen molar-refractivity contribution in [3.8, 4) is 0 Å². The van der Waals surface area contributed by atoms with E-state index in [9.17, 15) is 0 Å². The summed E-state index contributed by atoms with van der Waals surface area (Å²) in [6, 6.07) is 11.0. The van der Waals surface area contributed by atoms with Crippen molar-refractivity contribution < 1.29 is 0 Å². The average molecular weight is 257 g/mol. The smallest absolute Gasteiger partial charge is 0.198 e. The first-order chi connectivity index (χ1) is 9.42. The molecule has 0 aromatic heterocycles. The third-order valence-corrected chi connectivity index (χ3v) is 4.07. The summed E-state index contributed by atoms with van der Waals surface area (Å²) in [5.74, 6) is 1.09. The summed E-state index contributed by atoms with van der Waals surface area (Å²) in [7, 11) is 0. The molecule has 0 bridgehead atoms. The Bertz CT molecular complexity index is 417. The van der Waals surface area contributed by atoms with Gasteiger partial charge in [0.15, 0.2) is 5.96 Å². The van der Waals surface area contributed by atoms with Crippen molar-refractivity contribution in [1.82, 2.24) is 4.90 Å². The van der Waals surface area contributed by atoms with Crippen molar-refractivity contribution in [1.29, 1.82) is 0 Å². The van der Waals surface area contributed by atoms with Crippen molar-refractivity contribution >= 4 is 11.6 Å². The van der Waals surface area contributed by atoms with Crippen LogP contribution in [-0.4, -0.2) is 30.0 Å². The van der Waals surface area contributed by atoms with Crippen LogP contribution in [0.5, 0.6) is 0 Å². The van der Waals surface area contributed by atoms with Crippen molar-refractivity contribution in [3.05, 3.63) is 30.3 Å². The summed E-state index contributed by atoms with van der Waals surface area (Å²) >= 11 is 0. The van der Waals surface area contributed by atoms with E-state index in [-0.39, 0.29) is 0 Å². The lowest BCUT2D eigenvalue weighted by molar-refractivity contribution is 0.333. The van der Waals surface area contributed by atoms with Gasteiger partial charge in [0.2, 0.25) is 0 Å². The lowest BCUT2D eigenvalue weighted by Crippen LogP contribution is -2.41. The average Bonchev–Trinajstić information content (AvgIpc) is 2.43. The molecule has 1 aliphatic heterocycles. The van der Waals surface area contributed by atoms with Crippen LogP contribution in [0.1, 0.15) is 38.5 Å². The number of rotatable bonds is 2. The van der Waals surface area contributed by atoms with Gasteiger partial charge >= 0.3 is 0 Å². The molecule has 0 atom stereocenters. The van der Waals surface area contributed by atoms with Crippen molar-refractivity contribution in [2.24, 2.45) is 4.99 Å². The van der Waals surface area contributed by atoms with Gasteiger partial charge in [0.1, 0.15) is 0 Å². The van der Waals surface area contributed by atoms with Gasteiger partial charge in [-0.1, -0.05) is 18.2 Å². The Labute approximate surface area is 115 Å². The molecular weight excluding hydrogens is 234 g/mol. The fourth-order valence-corrected chi connectivity index (χ4v) is 2.64. The predicted octanol–water partition coefficient (Wildman–Crippen LogP) is 3.49. The maximum atomic E-state index is 4.93. The molecule has 3 nitrogen and oxygen atoms in total. The molecule has 102 valence electrons. The number of hydrogen-bond acceptors (Lipinski definition) is 1. The van der Waals surface area contributed by atoms with Crippen LogP contribution in [0.25, 0.3) is 0 Å². The molecule has 1 saturated heterocycles. The molecule has 1 heterocycles. The van der Waals surface area contributed by atoms with Gasteiger partial charge < -0.3 is 10.2 Å².